The van der Waals surface area contributed by atoms with Crippen LogP contribution in [0.3, 0.4) is 0 Å². The predicted molar refractivity (Wildman–Crippen MR) is 145 cm³/mol. The summed E-state index contributed by atoms with van der Waals surface area (Å²) in [6, 6.07) is 25.0. The Morgan fingerprint density at radius 2 is 1.58 bits per heavy atom. The van der Waals surface area contributed by atoms with E-state index in [1.807, 2.05) is 85.8 Å². The predicted octanol–water partition coefficient (Wildman–Crippen LogP) is 5.49. The summed E-state index contributed by atoms with van der Waals surface area (Å²) in [5.74, 6) is 0.286. The molecule has 0 aliphatic carbocycles. The fraction of sp³-hybridized carbons (Fsp3) is 0.355. The van der Waals surface area contributed by atoms with Gasteiger partial charge in [-0.15, -0.1) is 0 Å². The van der Waals surface area contributed by atoms with Crippen molar-refractivity contribution < 1.29 is 14.3 Å². The highest BCUT2D eigenvalue weighted by Gasteiger charge is 2.30. The number of carbonyl (C=O) groups excluding carboxylic acids is 2. The second-order valence-corrected chi connectivity index (χ2v) is 9.08. The van der Waals surface area contributed by atoms with Crippen LogP contribution in [0.15, 0.2) is 78.9 Å². The van der Waals surface area contributed by atoms with E-state index in [1.54, 1.807) is 4.90 Å². The molecular formula is C31H38N2O3. The molecule has 2 amide bonds. The molecule has 0 aliphatic rings. The molecule has 0 saturated heterocycles. The van der Waals surface area contributed by atoms with E-state index in [4.69, 9.17) is 4.74 Å². The third-order valence-corrected chi connectivity index (χ3v) is 6.40. The Kier molecular flexibility index (Phi) is 10.6. The molecule has 3 rings (SSSR count). The highest BCUT2D eigenvalue weighted by atomic mass is 16.5. The lowest BCUT2D eigenvalue weighted by Crippen LogP contribution is -2.52. The molecule has 0 aromatic heterocycles. The summed E-state index contributed by atoms with van der Waals surface area (Å²) in [6.07, 6.45) is 3.26. The van der Waals surface area contributed by atoms with Gasteiger partial charge in [-0.05, 0) is 54.2 Å². The summed E-state index contributed by atoms with van der Waals surface area (Å²) in [5.41, 5.74) is 4.31. The molecule has 1 unspecified atom stereocenters. The highest BCUT2D eigenvalue weighted by molar-refractivity contribution is 5.88. The number of hydrogen-bond donors (Lipinski definition) is 1. The van der Waals surface area contributed by atoms with E-state index in [2.05, 4.69) is 19.2 Å². The number of hydrogen-bond acceptors (Lipinski definition) is 3. The molecule has 1 N–H and O–H groups in total. The molecule has 0 fully saturated rings. The summed E-state index contributed by atoms with van der Waals surface area (Å²) >= 11 is 0. The van der Waals surface area contributed by atoms with Crippen molar-refractivity contribution in [1.82, 2.24) is 10.2 Å². The lowest BCUT2D eigenvalue weighted by atomic mass is 10.0. The number of nitrogens with one attached hydrogen (secondary N) is 1. The van der Waals surface area contributed by atoms with Gasteiger partial charge in [0, 0.05) is 19.5 Å². The summed E-state index contributed by atoms with van der Waals surface area (Å²) < 4.78 is 5.87. The smallest absolute Gasteiger partial charge is 0.261 e. The topological polar surface area (TPSA) is 58.6 Å². The number of unbranched alkanes of at least 4 members (excludes halogenated alkanes) is 1. The normalized spacial score (nSPS) is 11.5. The largest absolute Gasteiger partial charge is 0.484 e. The van der Waals surface area contributed by atoms with E-state index in [9.17, 15) is 9.59 Å². The fourth-order valence-corrected chi connectivity index (χ4v) is 4.08. The third kappa shape index (κ3) is 7.98. The maximum absolute atomic E-state index is 13.6. The van der Waals surface area contributed by atoms with Gasteiger partial charge in [-0.1, -0.05) is 87.0 Å². The average Bonchev–Trinajstić information content (AvgIpc) is 2.91. The second-order valence-electron chi connectivity index (χ2n) is 9.08. The van der Waals surface area contributed by atoms with Crippen LogP contribution >= 0.6 is 0 Å². The minimum atomic E-state index is -0.651. The van der Waals surface area contributed by atoms with Crippen LogP contribution in [0.2, 0.25) is 0 Å². The summed E-state index contributed by atoms with van der Waals surface area (Å²) in [7, 11) is 0. The van der Waals surface area contributed by atoms with E-state index in [-0.39, 0.29) is 18.4 Å². The van der Waals surface area contributed by atoms with Gasteiger partial charge in [0.15, 0.2) is 6.61 Å². The first-order valence-electron chi connectivity index (χ1n) is 12.9. The van der Waals surface area contributed by atoms with E-state index in [0.29, 0.717) is 25.3 Å². The van der Waals surface area contributed by atoms with Crippen molar-refractivity contribution in [2.45, 2.75) is 59.0 Å². The molecule has 3 aromatic rings. The number of carbonyl (C=O) groups is 2. The first-order valence-corrected chi connectivity index (χ1v) is 12.9. The van der Waals surface area contributed by atoms with Crippen molar-refractivity contribution in [3.63, 3.8) is 0 Å². The van der Waals surface area contributed by atoms with Crippen LogP contribution in [0.4, 0.5) is 0 Å². The minimum absolute atomic E-state index is 0.134. The van der Waals surface area contributed by atoms with E-state index in [0.717, 1.165) is 36.0 Å². The number of rotatable bonds is 13. The molecule has 0 bridgehead atoms. The van der Waals surface area contributed by atoms with E-state index >= 15 is 0 Å². The molecule has 0 spiro atoms. The van der Waals surface area contributed by atoms with Gasteiger partial charge >= 0.3 is 0 Å². The number of amides is 2. The van der Waals surface area contributed by atoms with Crippen LogP contribution in [0.5, 0.6) is 5.75 Å². The van der Waals surface area contributed by atoms with Crippen LogP contribution in [0, 0.1) is 6.92 Å². The van der Waals surface area contributed by atoms with E-state index < -0.39 is 6.04 Å². The molecule has 0 saturated carbocycles. The van der Waals surface area contributed by atoms with Crippen molar-refractivity contribution in [3.05, 3.63) is 101 Å². The lowest BCUT2D eigenvalue weighted by Gasteiger charge is -2.32. The van der Waals surface area contributed by atoms with Crippen molar-refractivity contribution in [1.29, 1.82) is 0 Å². The molecule has 0 radical (unpaired) electrons. The maximum Gasteiger partial charge on any atom is 0.261 e. The van der Waals surface area contributed by atoms with Crippen molar-refractivity contribution in [2.75, 3.05) is 13.2 Å². The molecule has 36 heavy (non-hydrogen) atoms. The van der Waals surface area contributed by atoms with Gasteiger partial charge in [-0.3, -0.25) is 9.59 Å². The van der Waals surface area contributed by atoms with Gasteiger partial charge in [0.2, 0.25) is 5.91 Å². The second kappa shape index (κ2) is 14.1. The molecule has 190 valence electrons. The molecule has 5 nitrogen and oxygen atoms in total. The lowest BCUT2D eigenvalue weighted by molar-refractivity contribution is -0.142. The zero-order valence-electron chi connectivity index (χ0n) is 21.7. The first kappa shape index (κ1) is 27.0. The zero-order valence-corrected chi connectivity index (χ0v) is 21.7. The Morgan fingerprint density at radius 3 is 2.25 bits per heavy atom. The Morgan fingerprint density at radius 1 is 0.889 bits per heavy atom. The van der Waals surface area contributed by atoms with Gasteiger partial charge in [0.05, 0.1) is 0 Å². The fourth-order valence-electron chi connectivity index (χ4n) is 4.08. The Balaban J connectivity index is 1.87. The van der Waals surface area contributed by atoms with Crippen LogP contribution in [0.25, 0.3) is 0 Å². The first-order chi connectivity index (χ1) is 17.5. The van der Waals surface area contributed by atoms with Crippen molar-refractivity contribution in [2.24, 2.45) is 0 Å². The molecule has 0 aliphatic heterocycles. The maximum atomic E-state index is 13.6. The van der Waals surface area contributed by atoms with Gasteiger partial charge in [0.1, 0.15) is 11.8 Å². The zero-order chi connectivity index (χ0) is 25.8. The van der Waals surface area contributed by atoms with E-state index in [1.165, 1.54) is 5.56 Å². The Labute approximate surface area is 215 Å². The molecule has 1 atom stereocenters. The molecule has 5 heteroatoms. The summed E-state index contributed by atoms with van der Waals surface area (Å²) in [5, 5.41) is 3.05. The average molecular weight is 487 g/mol. The van der Waals surface area contributed by atoms with Gasteiger partial charge in [-0.25, -0.2) is 0 Å². The van der Waals surface area contributed by atoms with Crippen LogP contribution in [-0.4, -0.2) is 35.9 Å². The number of aryl methyl sites for hydroxylation is 2. The Bertz CT molecular complexity index is 1100. The van der Waals surface area contributed by atoms with Crippen LogP contribution in [-0.2, 0) is 29.0 Å². The Hall–Kier alpha value is -3.60. The van der Waals surface area contributed by atoms with Crippen LogP contribution in [0.1, 0.15) is 48.9 Å². The number of ether oxygens (including phenoxy) is 1. The number of benzene rings is 3. The van der Waals surface area contributed by atoms with Crippen molar-refractivity contribution in [3.8, 4) is 5.75 Å². The molecular weight excluding hydrogens is 448 g/mol. The van der Waals surface area contributed by atoms with Gasteiger partial charge in [0.25, 0.3) is 5.91 Å². The molecule has 0 heterocycles. The molecule has 3 aromatic carbocycles. The highest BCUT2D eigenvalue weighted by Crippen LogP contribution is 2.18. The summed E-state index contributed by atoms with van der Waals surface area (Å²) in [4.78, 5) is 28.8. The van der Waals surface area contributed by atoms with Crippen molar-refractivity contribution >= 4 is 11.8 Å². The number of nitrogens with zero attached hydrogens (tertiary/aromatic N) is 1. The van der Waals surface area contributed by atoms with Gasteiger partial charge < -0.3 is 15.0 Å². The van der Waals surface area contributed by atoms with Crippen LogP contribution < -0.4 is 10.1 Å². The minimum Gasteiger partial charge on any atom is -0.484 e. The summed E-state index contributed by atoms with van der Waals surface area (Å²) in [6.45, 7) is 7.01. The third-order valence-electron chi connectivity index (χ3n) is 6.40. The van der Waals surface area contributed by atoms with Gasteiger partial charge in [-0.2, -0.15) is 0 Å². The quantitative estimate of drug-likeness (QED) is 0.325. The standard InChI is InChI=1S/C31H38N2O3/c1-4-6-20-32-31(35)29(21-26-13-8-7-9-14-26)33(22-27-15-11-10-12-24(27)3)30(34)23-36-28-18-16-25(5-2)17-19-28/h7-19,29H,4-6,20-23H2,1-3H3,(H,32,35). The monoisotopic (exact) mass is 486 g/mol. The SMILES string of the molecule is CCCCNC(=O)C(Cc1ccccc1)N(Cc1ccccc1C)C(=O)COc1ccc(CC)cc1.